The minimum Gasteiger partial charge on any atom is -0.369 e. The second-order valence-electron chi connectivity index (χ2n) is 7.09. The van der Waals surface area contributed by atoms with E-state index in [0.717, 1.165) is 11.1 Å². The Morgan fingerprint density at radius 2 is 1.79 bits per heavy atom. The van der Waals surface area contributed by atoms with E-state index in [0.29, 0.717) is 24.4 Å². The zero-order chi connectivity index (χ0) is 20.1. The number of benzene rings is 2. The minimum atomic E-state index is -1.58. The zero-order valence-corrected chi connectivity index (χ0v) is 16.7. The average molecular weight is 400 g/mol. The van der Waals surface area contributed by atoms with Crippen molar-refractivity contribution >= 4 is 22.8 Å². The van der Waals surface area contributed by atoms with Crippen LogP contribution in [-0.4, -0.2) is 51.4 Å². The normalized spacial score (nSPS) is 19.2. The van der Waals surface area contributed by atoms with Crippen LogP contribution in [0.15, 0.2) is 59.5 Å². The Hall–Kier alpha value is -2.51. The van der Waals surface area contributed by atoms with Crippen LogP contribution in [0, 0.1) is 12.8 Å². The van der Waals surface area contributed by atoms with Gasteiger partial charge in [-0.2, -0.15) is 0 Å². The second-order valence-corrected chi connectivity index (χ2v) is 8.50. The van der Waals surface area contributed by atoms with Gasteiger partial charge in [0.25, 0.3) is 0 Å². The highest BCUT2D eigenvalue weighted by Gasteiger charge is 2.34. The molecule has 0 spiro atoms. The number of amides is 2. The number of nitrogens with two attached hydrogens (primary N) is 1. The van der Waals surface area contributed by atoms with Crippen LogP contribution in [0.5, 0.6) is 0 Å². The molecule has 0 bridgehead atoms. The van der Waals surface area contributed by atoms with Crippen molar-refractivity contribution in [2.45, 2.75) is 18.2 Å². The van der Waals surface area contributed by atoms with Crippen LogP contribution in [-0.2, 0) is 27.0 Å². The Morgan fingerprint density at radius 1 is 1.11 bits per heavy atom. The number of nitrogens with zero attached hydrogens (tertiary/aromatic N) is 2. The molecule has 2 N–H and O–H groups in total. The molecule has 1 heterocycles. The van der Waals surface area contributed by atoms with Crippen LogP contribution in [0.4, 0.5) is 0 Å². The van der Waals surface area contributed by atoms with E-state index in [-0.39, 0.29) is 19.0 Å². The molecular weight excluding hydrogens is 374 g/mol. The topological polar surface area (TPSA) is 83.7 Å². The summed E-state index contributed by atoms with van der Waals surface area (Å²) in [5.41, 5.74) is 7.47. The van der Waals surface area contributed by atoms with Crippen LogP contribution in [0.25, 0.3) is 0 Å². The van der Waals surface area contributed by atoms with Crippen molar-refractivity contribution < 1.29 is 13.8 Å². The molecule has 6 nitrogen and oxygen atoms in total. The van der Waals surface area contributed by atoms with Crippen molar-refractivity contribution in [1.82, 2.24) is 9.21 Å². The maximum absolute atomic E-state index is 13.3. The van der Waals surface area contributed by atoms with Crippen molar-refractivity contribution in [3.05, 3.63) is 65.7 Å². The number of carbonyl (C=O) groups excluding carboxylic acids is 2. The lowest BCUT2D eigenvalue weighted by Crippen LogP contribution is -2.39. The number of rotatable bonds is 6. The molecule has 0 aliphatic carbocycles. The summed E-state index contributed by atoms with van der Waals surface area (Å²) in [7, 11) is -1.58. The maximum Gasteiger partial charge on any atom is 0.239 e. The molecular formula is C21H25N3O3S. The Labute approximate surface area is 167 Å². The summed E-state index contributed by atoms with van der Waals surface area (Å²) in [5.74, 6) is -0.979. The van der Waals surface area contributed by atoms with Gasteiger partial charge in [0.1, 0.15) is 0 Å². The Bertz CT molecular complexity index is 855. The summed E-state index contributed by atoms with van der Waals surface area (Å²) < 4.78 is 14.5. The lowest BCUT2D eigenvalue weighted by atomic mass is 9.98. The summed E-state index contributed by atoms with van der Waals surface area (Å²) in [4.78, 5) is 27.1. The van der Waals surface area contributed by atoms with E-state index < -0.39 is 22.8 Å². The van der Waals surface area contributed by atoms with Gasteiger partial charge in [0.05, 0.1) is 17.4 Å². The predicted molar refractivity (Wildman–Crippen MR) is 109 cm³/mol. The molecule has 0 radical (unpaired) electrons. The molecule has 2 aromatic rings. The number of hydrogen-bond donors (Lipinski definition) is 1. The standard InChI is InChI=1S/C21H25N3O3S/c1-16-7-9-19(10-8-16)28(27)24-12-11-23(15-20(22)25)14-18(21(24)26)13-17-5-3-2-4-6-17/h2-10,18H,11-15H2,1H3,(H2,22,25). The molecule has 2 aromatic carbocycles. The van der Waals surface area contributed by atoms with Crippen molar-refractivity contribution in [3.63, 3.8) is 0 Å². The minimum absolute atomic E-state index is 0.0869. The lowest BCUT2D eigenvalue weighted by Gasteiger charge is -2.23. The number of hydrogen-bond acceptors (Lipinski definition) is 4. The van der Waals surface area contributed by atoms with Gasteiger partial charge in [-0.25, -0.2) is 4.21 Å². The van der Waals surface area contributed by atoms with Crippen LogP contribution in [0.1, 0.15) is 11.1 Å². The van der Waals surface area contributed by atoms with E-state index in [9.17, 15) is 13.8 Å². The Kier molecular flexibility index (Phi) is 6.59. The van der Waals surface area contributed by atoms with Crippen LogP contribution in [0.3, 0.4) is 0 Å². The fourth-order valence-electron chi connectivity index (χ4n) is 3.39. The van der Waals surface area contributed by atoms with Crippen LogP contribution >= 0.6 is 0 Å². The first kappa shape index (κ1) is 20.2. The van der Waals surface area contributed by atoms with E-state index in [1.54, 1.807) is 12.1 Å². The first-order valence-electron chi connectivity index (χ1n) is 9.28. The molecule has 1 saturated heterocycles. The Morgan fingerprint density at radius 3 is 2.43 bits per heavy atom. The summed E-state index contributed by atoms with van der Waals surface area (Å²) in [6.07, 6.45) is 0.524. The monoisotopic (exact) mass is 399 g/mol. The fourth-order valence-corrected chi connectivity index (χ4v) is 4.57. The third-order valence-corrected chi connectivity index (χ3v) is 6.26. The quantitative estimate of drug-likeness (QED) is 0.798. The zero-order valence-electron chi connectivity index (χ0n) is 15.9. The van der Waals surface area contributed by atoms with E-state index in [2.05, 4.69) is 0 Å². The highest BCUT2D eigenvalue weighted by Crippen LogP contribution is 2.21. The van der Waals surface area contributed by atoms with Gasteiger partial charge in [-0.05, 0) is 31.0 Å². The molecule has 7 heteroatoms. The molecule has 2 atom stereocenters. The molecule has 1 aliphatic rings. The third-order valence-electron chi connectivity index (χ3n) is 4.82. The summed E-state index contributed by atoms with van der Waals surface area (Å²) in [5, 5.41) is 0. The van der Waals surface area contributed by atoms with Gasteiger partial charge in [-0.3, -0.25) is 18.8 Å². The Balaban J connectivity index is 1.85. The van der Waals surface area contributed by atoms with Crippen molar-refractivity contribution in [1.29, 1.82) is 0 Å². The smallest absolute Gasteiger partial charge is 0.239 e. The highest BCUT2D eigenvalue weighted by atomic mass is 32.2. The first-order chi connectivity index (χ1) is 13.4. The summed E-state index contributed by atoms with van der Waals surface area (Å²) in [6, 6.07) is 17.1. The molecule has 28 heavy (non-hydrogen) atoms. The van der Waals surface area contributed by atoms with Gasteiger partial charge in [0.15, 0.2) is 11.0 Å². The van der Waals surface area contributed by atoms with Gasteiger partial charge >= 0.3 is 0 Å². The largest absolute Gasteiger partial charge is 0.369 e. The van der Waals surface area contributed by atoms with Gasteiger partial charge in [-0.1, -0.05) is 48.0 Å². The number of carbonyl (C=O) groups is 2. The molecule has 2 unspecified atom stereocenters. The SMILES string of the molecule is Cc1ccc(S(=O)N2CCN(CC(N)=O)CC(Cc3ccccc3)C2=O)cc1. The number of primary amides is 1. The van der Waals surface area contributed by atoms with E-state index in [1.807, 2.05) is 54.3 Å². The van der Waals surface area contributed by atoms with Gasteiger partial charge in [0, 0.05) is 19.6 Å². The van der Waals surface area contributed by atoms with Crippen molar-refractivity contribution in [3.8, 4) is 0 Å². The van der Waals surface area contributed by atoms with Crippen molar-refractivity contribution in [2.75, 3.05) is 26.2 Å². The predicted octanol–water partition coefficient (Wildman–Crippen LogP) is 1.51. The van der Waals surface area contributed by atoms with E-state index in [1.165, 1.54) is 4.31 Å². The molecule has 1 fully saturated rings. The maximum atomic E-state index is 13.3. The molecule has 0 aromatic heterocycles. The van der Waals surface area contributed by atoms with Gasteiger partial charge in [-0.15, -0.1) is 0 Å². The average Bonchev–Trinajstić information content (AvgIpc) is 2.81. The summed E-state index contributed by atoms with van der Waals surface area (Å²) in [6.45, 7) is 3.21. The van der Waals surface area contributed by atoms with Gasteiger partial charge < -0.3 is 5.73 Å². The molecule has 3 rings (SSSR count). The lowest BCUT2D eigenvalue weighted by molar-refractivity contribution is -0.130. The van der Waals surface area contributed by atoms with Crippen LogP contribution < -0.4 is 5.73 Å². The number of aryl methyl sites for hydroxylation is 1. The van der Waals surface area contributed by atoms with E-state index >= 15 is 0 Å². The first-order valence-corrected chi connectivity index (χ1v) is 10.4. The third kappa shape index (κ3) is 5.05. The fraction of sp³-hybridized carbons (Fsp3) is 0.333. The highest BCUT2D eigenvalue weighted by molar-refractivity contribution is 7.83. The van der Waals surface area contributed by atoms with Crippen LogP contribution in [0.2, 0.25) is 0 Å². The summed E-state index contributed by atoms with van der Waals surface area (Å²) >= 11 is 0. The van der Waals surface area contributed by atoms with Gasteiger partial charge in [0.2, 0.25) is 11.8 Å². The van der Waals surface area contributed by atoms with E-state index in [4.69, 9.17) is 5.73 Å². The second kappa shape index (κ2) is 9.12. The van der Waals surface area contributed by atoms with Crippen molar-refractivity contribution in [2.24, 2.45) is 11.7 Å². The molecule has 148 valence electrons. The molecule has 1 aliphatic heterocycles. The molecule has 0 saturated carbocycles. The molecule has 2 amide bonds.